The molecule has 8 nitrogen and oxygen atoms in total. The summed E-state index contributed by atoms with van der Waals surface area (Å²) >= 11 is 0. The molecule has 0 unspecified atom stereocenters. The molecule has 0 saturated carbocycles. The van der Waals surface area contributed by atoms with Gasteiger partial charge in [-0.15, -0.1) is 0 Å². The Morgan fingerprint density at radius 1 is 0.600 bits per heavy atom. The summed E-state index contributed by atoms with van der Waals surface area (Å²) in [5, 5.41) is 0. The van der Waals surface area contributed by atoms with E-state index in [0.717, 1.165) is 13.1 Å². The van der Waals surface area contributed by atoms with Crippen molar-refractivity contribution < 1.29 is 23.8 Å². The largest absolute Gasteiger partial charge is 0.378 e. The summed E-state index contributed by atoms with van der Waals surface area (Å²) in [5.41, 5.74) is 0. The Bertz CT molecular complexity index is 368. The van der Waals surface area contributed by atoms with Gasteiger partial charge in [-0.05, 0) is 7.05 Å². The van der Waals surface area contributed by atoms with Gasteiger partial charge in [0.25, 0.3) is 0 Å². The molecular weight excluding hydrogens is 326 g/mol. The topological polar surface area (TPSA) is 71.6 Å². The number of nitrogens with zero attached hydrogens (tertiary/aromatic N) is 3. The van der Waals surface area contributed by atoms with E-state index < -0.39 is 0 Å². The molecule has 0 aromatic carbocycles. The maximum absolute atomic E-state index is 11.0. The summed E-state index contributed by atoms with van der Waals surface area (Å²) in [6.45, 7) is 9.36. The molecule has 0 aliphatic carbocycles. The third-order valence-corrected chi connectivity index (χ3v) is 3.82. The summed E-state index contributed by atoms with van der Waals surface area (Å²) in [6, 6.07) is 0. The maximum atomic E-state index is 11.0. The maximum Gasteiger partial charge on any atom is 0.219 e. The molecule has 0 N–H and O–H groups in total. The standard InChI is InChI=1S/C17H35N3O5/c1-16(21)19(4)8-12-23-10-6-18(3)7-11-24-14-15-25-13-9-20(5)17(2)22/h6-15H2,1-5H3. The Labute approximate surface area is 152 Å². The van der Waals surface area contributed by atoms with Crippen LogP contribution in [0.15, 0.2) is 0 Å². The average Bonchev–Trinajstić information content (AvgIpc) is 2.56. The molecule has 0 atom stereocenters. The molecule has 0 heterocycles. The number of hydrogen-bond acceptors (Lipinski definition) is 6. The zero-order valence-corrected chi connectivity index (χ0v) is 16.5. The number of carbonyl (C=O) groups is 2. The van der Waals surface area contributed by atoms with Crippen LogP contribution < -0.4 is 0 Å². The molecule has 8 heteroatoms. The van der Waals surface area contributed by atoms with Crippen LogP contribution in [0.2, 0.25) is 0 Å². The SMILES string of the molecule is CC(=O)N(C)CCOCCOCCN(C)CCOCCN(C)C(C)=O. The van der Waals surface area contributed by atoms with E-state index in [9.17, 15) is 9.59 Å². The van der Waals surface area contributed by atoms with Crippen molar-refractivity contribution in [3.05, 3.63) is 0 Å². The summed E-state index contributed by atoms with van der Waals surface area (Å²) in [5.74, 6) is 0.0884. The van der Waals surface area contributed by atoms with Crippen molar-refractivity contribution in [1.82, 2.24) is 14.7 Å². The van der Waals surface area contributed by atoms with E-state index in [1.54, 1.807) is 30.8 Å². The first-order valence-electron chi connectivity index (χ1n) is 8.69. The molecular formula is C17H35N3O5. The van der Waals surface area contributed by atoms with Crippen LogP contribution in [0.4, 0.5) is 0 Å². The highest BCUT2D eigenvalue weighted by molar-refractivity contribution is 5.73. The molecule has 0 saturated heterocycles. The second kappa shape index (κ2) is 15.1. The minimum absolute atomic E-state index is 0.0396. The van der Waals surface area contributed by atoms with E-state index in [-0.39, 0.29) is 11.8 Å². The summed E-state index contributed by atoms with van der Waals surface area (Å²) in [6.07, 6.45) is 0. The van der Waals surface area contributed by atoms with E-state index in [4.69, 9.17) is 14.2 Å². The lowest BCUT2D eigenvalue weighted by Gasteiger charge is -2.18. The Balaban J connectivity index is 3.34. The molecule has 25 heavy (non-hydrogen) atoms. The lowest BCUT2D eigenvalue weighted by atomic mass is 10.5. The summed E-state index contributed by atoms with van der Waals surface area (Å²) in [4.78, 5) is 27.4. The van der Waals surface area contributed by atoms with Gasteiger partial charge in [-0.3, -0.25) is 9.59 Å². The molecule has 0 aliphatic rings. The third-order valence-electron chi connectivity index (χ3n) is 3.82. The van der Waals surface area contributed by atoms with Crippen LogP contribution in [0.25, 0.3) is 0 Å². The Kier molecular flexibility index (Phi) is 14.3. The van der Waals surface area contributed by atoms with Crippen LogP contribution in [-0.4, -0.2) is 113 Å². The second-order valence-electron chi connectivity index (χ2n) is 6.02. The van der Waals surface area contributed by atoms with Crippen molar-refractivity contribution in [3.63, 3.8) is 0 Å². The third kappa shape index (κ3) is 14.8. The second-order valence-corrected chi connectivity index (χ2v) is 6.02. The highest BCUT2D eigenvalue weighted by Gasteiger charge is 2.03. The van der Waals surface area contributed by atoms with Crippen LogP contribution in [-0.2, 0) is 23.8 Å². The number of rotatable bonds is 15. The fourth-order valence-electron chi connectivity index (χ4n) is 1.69. The Hall–Kier alpha value is -1.22. The fourth-order valence-corrected chi connectivity index (χ4v) is 1.69. The van der Waals surface area contributed by atoms with Gasteiger partial charge in [-0.25, -0.2) is 0 Å². The van der Waals surface area contributed by atoms with Gasteiger partial charge in [0.2, 0.25) is 11.8 Å². The zero-order chi connectivity index (χ0) is 19.1. The van der Waals surface area contributed by atoms with Crippen LogP contribution in [0.3, 0.4) is 0 Å². The quantitative estimate of drug-likeness (QED) is 0.380. The number of hydrogen-bond donors (Lipinski definition) is 0. The van der Waals surface area contributed by atoms with Crippen molar-refractivity contribution in [2.45, 2.75) is 13.8 Å². The van der Waals surface area contributed by atoms with Gasteiger partial charge in [-0.2, -0.15) is 0 Å². The smallest absolute Gasteiger partial charge is 0.219 e. The average molecular weight is 361 g/mol. The van der Waals surface area contributed by atoms with Crippen LogP contribution in [0, 0.1) is 0 Å². The Morgan fingerprint density at radius 2 is 0.920 bits per heavy atom. The molecule has 0 bridgehead atoms. The van der Waals surface area contributed by atoms with Gasteiger partial charge >= 0.3 is 0 Å². The highest BCUT2D eigenvalue weighted by Crippen LogP contribution is 1.89. The Morgan fingerprint density at radius 3 is 1.28 bits per heavy atom. The first-order chi connectivity index (χ1) is 11.8. The van der Waals surface area contributed by atoms with E-state index in [2.05, 4.69) is 4.90 Å². The molecule has 0 spiro atoms. The number of amides is 2. The zero-order valence-electron chi connectivity index (χ0n) is 16.5. The molecule has 2 amide bonds. The minimum atomic E-state index is 0.0396. The van der Waals surface area contributed by atoms with Gasteiger partial charge in [0.1, 0.15) is 0 Å². The van der Waals surface area contributed by atoms with Gasteiger partial charge in [-0.1, -0.05) is 0 Å². The van der Waals surface area contributed by atoms with E-state index >= 15 is 0 Å². The number of likely N-dealkylation sites (N-methyl/N-ethyl adjacent to an activating group) is 3. The van der Waals surface area contributed by atoms with Crippen molar-refractivity contribution in [1.29, 1.82) is 0 Å². The van der Waals surface area contributed by atoms with Crippen molar-refractivity contribution in [2.75, 3.05) is 87.0 Å². The van der Waals surface area contributed by atoms with Crippen LogP contribution in [0.1, 0.15) is 13.8 Å². The van der Waals surface area contributed by atoms with E-state index in [0.29, 0.717) is 52.7 Å². The molecule has 0 radical (unpaired) electrons. The molecule has 0 aliphatic heterocycles. The van der Waals surface area contributed by atoms with Crippen molar-refractivity contribution in [2.24, 2.45) is 0 Å². The predicted molar refractivity (Wildman–Crippen MR) is 96.6 cm³/mol. The molecule has 0 aromatic rings. The fraction of sp³-hybridized carbons (Fsp3) is 0.882. The molecule has 148 valence electrons. The minimum Gasteiger partial charge on any atom is -0.378 e. The van der Waals surface area contributed by atoms with Crippen LogP contribution >= 0.6 is 0 Å². The first kappa shape index (κ1) is 23.8. The number of carbonyl (C=O) groups excluding carboxylic acids is 2. The summed E-state index contributed by atoms with van der Waals surface area (Å²) in [7, 11) is 5.53. The van der Waals surface area contributed by atoms with Gasteiger partial charge < -0.3 is 28.9 Å². The van der Waals surface area contributed by atoms with Crippen molar-refractivity contribution >= 4 is 11.8 Å². The van der Waals surface area contributed by atoms with Gasteiger partial charge in [0.15, 0.2) is 0 Å². The number of ether oxygens (including phenoxy) is 3. The molecule has 0 rings (SSSR count). The van der Waals surface area contributed by atoms with E-state index in [1.165, 1.54) is 6.92 Å². The lowest BCUT2D eigenvalue weighted by molar-refractivity contribution is -0.129. The van der Waals surface area contributed by atoms with E-state index in [1.807, 2.05) is 7.05 Å². The first-order valence-corrected chi connectivity index (χ1v) is 8.69. The van der Waals surface area contributed by atoms with Gasteiger partial charge in [0.05, 0.1) is 39.6 Å². The van der Waals surface area contributed by atoms with Gasteiger partial charge in [0, 0.05) is 54.1 Å². The van der Waals surface area contributed by atoms with Crippen molar-refractivity contribution in [3.8, 4) is 0 Å². The normalized spacial score (nSPS) is 11.0. The van der Waals surface area contributed by atoms with Crippen LogP contribution in [0.5, 0.6) is 0 Å². The predicted octanol–water partition coefficient (Wildman–Crippen LogP) is -0.0754. The summed E-state index contributed by atoms with van der Waals surface area (Å²) < 4.78 is 16.4. The lowest BCUT2D eigenvalue weighted by Crippen LogP contribution is -2.30. The highest BCUT2D eigenvalue weighted by atomic mass is 16.5. The molecule has 0 aromatic heterocycles. The molecule has 0 fully saturated rings. The monoisotopic (exact) mass is 361 g/mol.